The Morgan fingerprint density at radius 3 is 2.46 bits per heavy atom. The van der Waals surface area contributed by atoms with Gasteiger partial charge < -0.3 is 14.8 Å². The minimum absolute atomic E-state index is 0.332. The fourth-order valence-electron chi connectivity index (χ4n) is 3.20. The van der Waals surface area contributed by atoms with Gasteiger partial charge in [0.15, 0.2) is 0 Å². The predicted octanol–water partition coefficient (Wildman–Crippen LogP) is 3.63. The average molecular weight is 402 g/mol. The molecule has 2 aromatic rings. The molecule has 0 bridgehead atoms. The first-order chi connectivity index (χ1) is 13.4. The van der Waals surface area contributed by atoms with Gasteiger partial charge in [-0.25, -0.2) is 4.79 Å². The maximum atomic E-state index is 12.7. The fourth-order valence-corrected chi connectivity index (χ4v) is 4.61. The molecule has 0 radical (unpaired) electrons. The summed E-state index contributed by atoms with van der Waals surface area (Å²) in [4.78, 5) is 37.9. The molecule has 1 heterocycles. The van der Waals surface area contributed by atoms with E-state index in [4.69, 9.17) is 4.74 Å². The number of hydrogen-bond acceptors (Lipinski definition) is 6. The first kappa shape index (κ1) is 19.9. The van der Waals surface area contributed by atoms with Gasteiger partial charge in [-0.05, 0) is 55.0 Å². The molecule has 1 aliphatic rings. The maximum absolute atomic E-state index is 12.7. The Balaban J connectivity index is 1.91. The van der Waals surface area contributed by atoms with Crippen molar-refractivity contribution in [3.63, 3.8) is 0 Å². The number of anilines is 1. The number of nitrogens with one attached hydrogen (secondary N) is 2. The number of amides is 3. The van der Waals surface area contributed by atoms with Crippen molar-refractivity contribution in [3.05, 3.63) is 45.8 Å². The lowest BCUT2D eigenvalue weighted by molar-refractivity contribution is 0.0937. The largest absolute Gasteiger partial charge is 0.497 e. The molecule has 28 heavy (non-hydrogen) atoms. The number of hydrogen-bond donors (Lipinski definition) is 2. The molecule has 0 spiro atoms. The number of benzene rings is 1. The van der Waals surface area contributed by atoms with Crippen LogP contribution in [0.4, 0.5) is 9.80 Å². The number of fused-ring (bicyclic) bond motifs is 1. The Morgan fingerprint density at radius 1 is 1.11 bits per heavy atom. The van der Waals surface area contributed by atoms with Gasteiger partial charge in [0.25, 0.3) is 11.8 Å². The van der Waals surface area contributed by atoms with Crippen molar-refractivity contribution in [2.45, 2.75) is 26.2 Å². The summed E-state index contributed by atoms with van der Waals surface area (Å²) in [6.07, 6.45) is 1.70. The minimum Gasteiger partial charge on any atom is -0.497 e. The van der Waals surface area contributed by atoms with E-state index in [1.165, 1.54) is 18.4 Å². The van der Waals surface area contributed by atoms with Crippen LogP contribution in [0.1, 0.15) is 44.5 Å². The summed E-state index contributed by atoms with van der Waals surface area (Å²) in [5.41, 5.74) is 1.69. The number of carbonyl (C=O) groups is 3. The highest BCUT2D eigenvalue weighted by Gasteiger charge is 2.29. The lowest BCUT2D eigenvalue weighted by Gasteiger charge is -2.18. The molecule has 0 aliphatic heterocycles. The smallest absolute Gasteiger partial charge is 0.413 e. The van der Waals surface area contributed by atoms with Crippen LogP contribution < -0.4 is 15.4 Å². The molecule has 1 aromatic heterocycles. The van der Waals surface area contributed by atoms with E-state index in [2.05, 4.69) is 22.3 Å². The molecule has 0 saturated carbocycles. The third-order valence-electron chi connectivity index (χ3n) is 4.72. The molecule has 0 unspecified atom stereocenters. The standard InChI is InChI=1S/C20H22N2O5S/c1-11-4-9-14-15(10-11)28-19(16(14)18(24)22-20(25)27-3)21-17(23)12-5-7-13(26-2)8-6-12/h5-8,11H,4,9-10H2,1-3H3,(H,21,23)(H,22,24,25)/t11-/m0/s1. The van der Waals surface area contributed by atoms with Crippen LogP contribution in [0, 0.1) is 5.92 Å². The van der Waals surface area contributed by atoms with Crippen molar-refractivity contribution >= 4 is 34.2 Å². The molecule has 3 rings (SSSR count). The van der Waals surface area contributed by atoms with E-state index in [-0.39, 0.29) is 5.91 Å². The maximum Gasteiger partial charge on any atom is 0.413 e. The van der Waals surface area contributed by atoms with Crippen molar-refractivity contribution in [1.82, 2.24) is 5.32 Å². The molecule has 0 fully saturated rings. The number of thiophene rings is 1. The van der Waals surface area contributed by atoms with Crippen LogP contribution in [-0.4, -0.2) is 32.1 Å². The molecular formula is C20H22N2O5S. The second-order valence-electron chi connectivity index (χ2n) is 6.68. The lowest BCUT2D eigenvalue weighted by atomic mass is 9.88. The average Bonchev–Trinajstić information content (AvgIpc) is 3.04. The predicted molar refractivity (Wildman–Crippen MR) is 106 cm³/mol. The molecule has 148 valence electrons. The summed E-state index contributed by atoms with van der Waals surface area (Å²) in [6.45, 7) is 2.16. The van der Waals surface area contributed by atoms with Crippen molar-refractivity contribution in [1.29, 1.82) is 0 Å². The number of rotatable bonds is 4. The molecule has 1 aromatic carbocycles. The molecule has 2 N–H and O–H groups in total. The van der Waals surface area contributed by atoms with Gasteiger partial charge in [-0.1, -0.05) is 6.92 Å². The number of methoxy groups -OCH3 is 2. The molecule has 1 aliphatic carbocycles. The van der Waals surface area contributed by atoms with Crippen LogP contribution in [0.25, 0.3) is 0 Å². The number of alkyl carbamates (subject to hydrolysis) is 1. The molecular weight excluding hydrogens is 380 g/mol. The molecule has 8 heteroatoms. The Kier molecular flexibility index (Phi) is 5.99. The third kappa shape index (κ3) is 4.17. The first-order valence-electron chi connectivity index (χ1n) is 8.92. The quantitative estimate of drug-likeness (QED) is 0.815. The van der Waals surface area contributed by atoms with Crippen LogP contribution in [0.2, 0.25) is 0 Å². The molecule has 1 atom stereocenters. The fraction of sp³-hybridized carbons (Fsp3) is 0.350. The van der Waals surface area contributed by atoms with Gasteiger partial charge in [-0.3, -0.25) is 14.9 Å². The Hall–Kier alpha value is -2.87. The minimum atomic E-state index is -0.832. The monoisotopic (exact) mass is 402 g/mol. The Bertz CT molecular complexity index is 904. The zero-order valence-electron chi connectivity index (χ0n) is 16.0. The van der Waals surface area contributed by atoms with Gasteiger partial charge in [0.2, 0.25) is 0 Å². The van der Waals surface area contributed by atoms with E-state index in [0.717, 1.165) is 29.7 Å². The van der Waals surface area contributed by atoms with Crippen LogP contribution in [0.15, 0.2) is 24.3 Å². The van der Waals surface area contributed by atoms with E-state index in [9.17, 15) is 14.4 Å². The summed E-state index contributed by atoms with van der Waals surface area (Å²) in [7, 11) is 2.75. The van der Waals surface area contributed by atoms with E-state index >= 15 is 0 Å². The highest BCUT2D eigenvalue weighted by molar-refractivity contribution is 7.17. The number of carbonyl (C=O) groups excluding carboxylic acids is 3. The Labute approximate surface area is 167 Å². The van der Waals surface area contributed by atoms with Gasteiger partial charge >= 0.3 is 6.09 Å². The first-order valence-corrected chi connectivity index (χ1v) is 9.73. The number of ether oxygens (including phenoxy) is 2. The second-order valence-corrected chi connectivity index (χ2v) is 7.79. The highest BCUT2D eigenvalue weighted by atomic mass is 32.1. The van der Waals surface area contributed by atoms with Gasteiger partial charge in [-0.2, -0.15) is 0 Å². The molecule has 7 nitrogen and oxygen atoms in total. The van der Waals surface area contributed by atoms with E-state index in [0.29, 0.717) is 27.8 Å². The van der Waals surface area contributed by atoms with Crippen molar-refractivity contribution in [3.8, 4) is 5.75 Å². The highest BCUT2D eigenvalue weighted by Crippen LogP contribution is 2.39. The lowest BCUT2D eigenvalue weighted by Crippen LogP contribution is -2.31. The normalized spacial score (nSPS) is 15.3. The topological polar surface area (TPSA) is 93.7 Å². The van der Waals surface area contributed by atoms with Crippen molar-refractivity contribution in [2.75, 3.05) is 19.5 Å². The van der Waals surface area contributed by atoms with Gasteiger partial charge in [0.05, 0.1) is 19.8 Å². The van der Waals surface area contributed by atoms with E-state index in [1.807, 2.05) is 0 Å². The summed E-state index contributed by atoms with van der Waals surface area (Å²) >= 11 is 1.39. The van der Waals surface area contributed by atoms with Gasteiger partial charge in [0.1, 0.15) is 10.8 Å². The molecule has 0 saturated heterocycles. The summed E-state index contributed by atoms with van der Waals surface area (Å²) in [5.74, 6) is 0.258. The van der Waals surface area contributed by atoms with Crippen molar-refractivity contribution < 1.29 is 23.9 Å². The van der Waals surface area contributed by atoms with Crippen LogP contribution in [0.3, 0.4) is 0 Å². The van der Waals surface area contributed by atoms with E-state index < -0.39 is 12.0 Å². The van der Waals surface area contributed by atoms with Crippen molar-refractivity contribution in [2.24, 2.45) is 5.92 Å². The third-order valence-corrected chi connectivity index (χ3v) is 5.89. The van der Waals surface area contributed by atoms with Crippen LogP contribution in [0.5, 0.6) is 5.75 Å². The second kappa shape index (κ2) is 8.43. The summed E-state index contributed by atoms with van der Waals surface area (Å²) < 4.78 is 9.63. The summed E-state index contributed by atoms with van der Waals surface area (Å²) in [6, 6.07) is 6.69. The van der Waals surface area contributed by atoms with Crippen LogP contribution in [-0.2, 0) is 17.6 Å². The van der Waals surface area contributed by atoms with E-state index in [1.54, 1.807) is 31.4 Å². The molecule has 3 amide bonds. The SMILES string of the molecule is COC(=O)NC(=O)c1c(NC(=O)c2ccc(OC)cc2)sc2c1CC[C@H](C)C2. The van der Waals surface area contributed by atoms with Crippen LogP contribution >= 0.6 is 11.3 Å². The van der Waals surface area contributed by atoms with Gasteiger partial charge in [0, 0.05) is 10.4 Å². The Morgan fingerprint density at radius 2 is 1.82 bits per heavy atom. The zero-order chi connectivity index (χ0) is 20.3. The summed E-state index contributed by atoms with van der Waals surface area (Å²) in [5, 5.41) is 5.48. The van der Waals surface area contributed by atoms with Gasteiger partial charge in [-0.15, -0.1) is 11.3 Å². The zero-order valence-corrected chi connectivity index (χ0v) is 16.8. The number of imide groups is 1.